The van der Waals surface area contributed by atoms with E-state index in [4.69, 9.17) is 4.74 Å². The predicted octanol–water partition coefficient (Wildman–Crippen LogP) is 4.22. The van der Waals surface area contributed by atoms with E-state index >= 15 is 0 Å². The summed E-state index contributed by atoms with van der Waals surface area (Å²) in [6.07, 6.45) is -0.647. The third-order valence-electron chi connectivity index (χ3n) is 2.55. The number of carbonyl (C=O) groups is 1. The molecule has 0 aliphatic heterocycles. The van der Waals surface area contributed by atoms with Gasteiger partial charge in [0, 0.05) is 11.1 Å². The van der Waals surface area contributed by atoms with Gasteiger partial charge in [0.05, 0.1) is 5.56 Å². The van der Waals surface area contributed by atoms with Gasteiger partial charge in [-0.05, 0) is 30.5 Å². The smallest absolute Gasteiger partial charge is 0.195 e. The molecule has 0 aromatic heterocycles. The number of rotatable bonds is 4. The lowest BCUT2D eigenvalue weighted by molar-refractivity contribution is -0.000487. The highest BCUT2D eigenvalue weighted by Crippen LogP contribution is 2.27. The molecule has 100 valence electrons. The number of benzene rings is 1. The Morgan fingerprint density at radius 1 is 1.44 bits per heavy atom. The highest BCUT2D eigenvalue weighted by atomic mass is 79.9. The first-order valence-corrected chi connectivity index (χ1v) is 6.67. The molecule has 1 rings (SSSR count). The number of halogens is 2. The molecule has 2 nitrogen and oxygen atoms in total. The van der Waals surface area contributed by atoms with Gasteiger partial charge in [0.25, 0.3) is 0 Å². The average molecular weight is 317 g/mol. The Balaban J connectivity index is 3.13. The van der Waals surface area contributed by atoms with Crippen molar-refractivity contribution in [3.63, 3.8) is 0 Å². The Kier molecular flexibility index (Phi) is 5.05. The first-order valence-electron chi connectivity index (χ1n) is 5.88. The quantitative estimate of drug-likeness (QED) is 0.777. The lowest BCUT2D eigenvalue weighted by Gasteiger charge is -2.29. The van der Waals surface area contributed by atoms with Crippen molar-refractivity contribution in [2.45, 2.75) is 33.8 Å². The second-order valence-electron chi connectivity index (χ2n) is 5.19. The van der Waals surface area contributed by atoms with E-state index in [1.165, 1.54) is 12.1 Å². The van der Waals surface area contributed by atoms with Crippen LogP contribution in [0.15, 0.2) is 22.7 Å². The molecule has 4 heteroatoms. The molecule has 0 aliphatic rings. The summed E-state index contributed by atoms with van der Waals surface area (Å²) in [5.41, 5.74) is -0.306. The van der Waals surface area contributed by atoms with E-state index in [1.807, 2.05) is 27.7 Å². The summed E-state index contributed by atoms with van der Waals surface area (Å²) in [5, 5.41) is 0. The summed E-state index contributed by atoms with van der Waals surface area (Å²) in [5.74, 6) is -0.833. The van der Waals surface area contributed by atoms with Gasteiger partial charge in [-0.3, -0.25) is 4.79 Å². The van der Waals surface area contributed by atoms with E-state index in [9.17, 15) is 9.18 Å². The van der Waals surface area contributed by atoms with Gasteiger partial charge in [-0.25, -0.2) is 4.39 Å². The van der Waals surface area contributed by atoms with Gasteiger partial charge in [0.15, 0.2) is 5.78 Å². The maximum absolute atomic E-state index is 13.7. The summed E-state index contributed by atoms with van der Waals surface area (Å²) in [6, 6.07) is 4.34. The Hall–Kier alpha value is -0.740. The molecular weight excluding hydrogens is 299 g/mol. The number of ether oxygens (including phenoxy) is 1. The molecule has 0 spiro atoms. The zero-order chi connectivity index (χ0) is 13.9. The molecule has 0 amide bonds. The average Bonchev–Trinajstić information content (AvgIpc) is 2.27. The highest BCUT2D eigenvalue weighted by molar-refractivity contribution is 9.10. The van der Waals surface area contributed by atoms with Gasteiger partial charge < -0.3 is 4.74 Å². The van der Waals surface area contributed by atoms with E-state index in [2.05, 4.69) is 15.9 Å². The number of carbonyl (C=O) groups excluding carboxylic acids is 1. The second-order valence-corrected chi connectivity index (χ2v) is 6.11. The fraction of sp³-hybridized carbons (Fsp3) is 0.500. The normalized spacial score (nSPS) is 13.4. The van der Waals surface area contributed by atoms with Crippen molar-refractivity contribution in [3.8, 4) is 0 Å². The Labute approximate surface area is 116 Å². The third-order valence-corrected chi connectivity index (χ3v) is 3.05. The van der Waals surface area contributed by atoms with Crippen LogP contribution in [-0.2, 0) is 4.74 Å². The SMILES string of the molecule is CCOC(C(=O)c1cc(Br)ccc1F)C(C)(C)C. The number of hydrogen-bond acceptors (Lipinski definition) is 2. The number of ketones is 1. The van der Waals surface area contributed by atoms with Gasteiger partial charge in [0.1, 0.15) is 11.9 Å². The van der Waals surface area contributed by atoms with Gasteiger partial charge in [-0.1, -0.05) is 36.7 Å². The summed E-state index contributed by atoms with van der Waals surface area (Å²) < 4.78 is 19.9. The van der Waals surface area contributed by atoms with Crippen LogP contribution in [0, 0.1) is 11.2 Å². The summed E-state index contributed by atoms with van der Waals surface area (Å²) in [7, 11) is 0. The van der Waals surface area contributed by atoms with Crippen LogP contribution in [0.4, 0.5) is 4.39 Å². The molecule has 18 heavy (non-hydrogen) atoms. The van der Waals surface area contributed by atoms with Crippen molar-refractivity contribution in [1.82, 2.24) is 0 Å². The van der Waals surface area contributed by atoms with Crippen LogP contribution in [0.5, 0.6) is 0 Å². The molecule has 0 N–H and O–H groups in total. The topological polar surface area (TPSA) is 26.3 Å². The molecule has 1 atom stereocenters. The number of Topliss-reactive ketones (excluding diaryl/α,β-unsaturated/α-hetero) is 1. The minimum absolute atomic E-state index is 0.0674. The fourth-order valence-electron chi connectivity index (χ4n) is 1.71. The minimum atomic E-state index is -0.647. The van der Waals surface area contributed by atoms with Crippen molar-refractivity contribution >= 4 is 21.7 Å². The molecule has 0 heterocycles. The molecule has 1 aromatic rings. The molecule has 1 aromatic carbocycles. The Morgan fingerprint density at radius 3 is 2.56 bits per heavy atom. The minimum Gasteiger partial charge on any atom is -0.370 e. The lowest BCUT2D eigenvalue weighted by Crippen LogP contribution is -2.37. The van der Waals surface area contributed by atoms with E-state index in [0.717, 1.165) is 0 Å². The molecule has 0 bridgehead atoms. The summed E-state index contributed by atoms with van der Waals surface area (Å²) in [6.45, 7) is 7.95. The van der Waals surface area contributed by atoms with Gasteiger partial charge in [-0.15, -0.1) is 0 Å². The first kappa shape index (κ1) is 15.3. The third kappa shape index (κ3) is 3.62. The molecule has 0 aliphatic carbocycles. The van der Waals surface area contributed by atoms with Crippen LogP contribution >= 0.6 is 15.9 Å². The zero-order valence-corrected chi connectivity index (χ0v) is 12.7. The van der Waals surface area contributed by atoms with E-state index in [1.54, 1.807) is 6.07 Å². The maximum atomic E-state index is 13.7. The first-order chi connectivity index (χ1) is 8.27. The standard InChI is InChI=1S/C14H18BrFO2/c1-5-18-13(14(2,3)4)12(17)10-8-9(15)6-7-11(10)16/h6-8,13H,5H2,1-4H3. The molecule has 0 radical (unpaired) electrons. The second kappa shape index (κ2) is 5.93. The van der Waals surface area contributed by atoms with Crippen molar-refractivity contribution < 1.29 is 13.9 Å². The monoisotopic (exact) mass is 316 g/mol. The van der Waals surface area contributed by atoms with Gasteiger partial charge in [-0.2, -0.15) is 0 Å². The predicted molar refractivity (Wildman–Crippen MR) is 73.3 cm³/mol. The highest BCUT2D eigenvalue weighted by Gasteiger charge is 2.33. The van der Waals surface area contributed by atoms with Crippen LogP contribution in [0.25, 0.3) is 0 Å². The largest absolute Gasteiger partial charge is 0.370 e. The van der Waals surface area contributed by atoms with Crippen LogP contribution < -0.4 is 0 Å². The van der Waals surface area contributed by atoms with E-state index in [0.29, 0.717) is 11.1 Å². The molecule has 0 saturated heterocycles. The van der Waals surface area contributed by atoms with Crippen molar-refractivity contribution in [3.05, 3.63) is 34.1 Å². The van der Waals surface area contributed by atoms with E-state index < -0.39 is 11.9 Å². The van der Waals surface area contributed by atoms with Crippen LogP contribution in [0.3, 0.4) is 0 Å². The Bertz CT molecular complexity index is 438. The zero-order valence-electron chi connectivity index (χ0n) is 11.1. The van der Waals surface area contributed by atoms with Gasteiger partial charge >= 0.3 is 0 Å². The van der Waals surface area contributed by atoms with Crippen LogP contribution in [0.2, 0.25) is 0 Å². The maximum Gasteiger partial charge on any atom is 0.195 e. The van der Waals surface area contributed by atoms with Crippen LogP contribution in [-0.4, -0.2) is 18.5 Å². The lowest BCUT2D eigenvalue weighted by atomic mass is 9.84. The summed E-state index contributed by atoms with van der Waals surface area (Å²) in [4.78, 5) is 12.4. The molecule has 0 fully saturated rings. The Morgan fingerprint density at radius 2 is 2.06 bits per heavy atom. The van der Waals surface area contributed by atoms with Crippen molar-refractivity contribution in [2.24, 2.45) is 5.41 Å². The molecular formula is C14H18BrFO2. The van der Waals surface area contributed by atoms with Gasteiger partial charge in [0.2, 0.25) is 0 Å². The van der Waals surface area contributed by atoms with Crippen molar-refractivity contribution in [2.75, 3.05) is 6.61 Å². The molecule has 1 unspecified atom stereocenters. The fourth-order valence-corrected chi connectivity index (χ4v) is 2.07. The molecule has 0 saturated carbocycles. The summed E-state index contributed by atoms with van der Waals surface area (Å²) >= 11 is 3.24. The van der Waals surface area contributed by atoms with E-state index in [-0.39, 0.29) is 16.8 Å². The number of hydrogen-bond donors (Lipinski definition) is 0. The van der Waals surface area contributed by atoms with Crippen molar-refractivity contribution in [1.29, 1.82) is 0 Å². The van der Waals surface area contributed by atoms with Crippen LogP contribution in [0.1, 0.15) is 38.1 Å².